The van der Waals surface area contributed by atoms with E-state index >= 15 is 0 Å². The third-order valence-electron chi connectivity index (χ3n) is 6.97. The maximum absolute atomic E-state index is 13.0. The van der Waals surface area contributed by atoms with Crippen molar-refractivity contribution in [2.45, 2.75) is 70.6 Å². The van der Waals surface area contributed by atoms with Gasteiger partial charge < -0.3 is 9.84 Å². The molecular formula is C20H29NO5S. The number of ether oxygens (including phenoxy) is 1. The lowest BCUT2D eigenvalue weighted by atomic mass is 9.70. The minimum Gasteiger partial charge on any atom is -0.458 e. The Morgan fingerprint density at radius 1 is 1.26 bits per heavy atom. The molecule has 5 atom stereocenters. The Bertz CT molecular complexity index is 830. The zero-order valence-corrected chi connectivity index (χ0v) is 17.3. The summed E-state index contributed by atoms with van der Waals surface area (Å²) in [4.78, 5) is 12.3. The van der Waals surface area contributed by atoms with Crippen molar-refractivity contribution in [1.29, 1.82) is 0 Å². The molecule has 2 saturated carbocycles. The van der Waals surface area contributed by atoms with Crippen LogP contribution in [0.4, 0.5) is 0 Å². The monoisotopic (exact) mass is 395 g/mol. The van der Waals surface area contributed by atoms with Gasteiger partial charge in [0.25, 0.3) is 0 Å². The van der Waals surface area contributed by atoms with Crippen molar-refractivity contribution in [3.63, 3.8) is 0 Å². The Morgan fingerprint density at radius 2 is 1.85 bits per heavy atom. The summed E-state index contributed by atoms with van der Waals surface area (Å²) in [5, 5.41) is 9.58. The van der Waals surface area contributed by atoms with Gasteiger partial charge in [0.05, 0.1) is 10.9 Å². The standard InChI is InChI=1S/C20H29NO5S/c1-12-6-8-14(9-7-12)27(24,25)21-16-15-10-11-20(5,19(15,3)4)17(16)26-18(23)13(2)22/h6-9,13,15-17,21-22H,10-11H2,1-5H3/t13-,15-,16-,17-,20+/m1/s1. The van der Waals surface area contributed by atoms with Gasteiger partial charge >= 0.3 is 5.97 Å². The first-order valence-corrected chi connectivity index (χ1v) is 10.9. The van der Waals surface area contributed by atoms with E-state index in [1.807, 2.05) is 13.8 Å². The quantitative estimate of drug-likeness (QED) is 0.747. The maximum Gasteiger partial charge on any atom is 0.335 e. The molecule has 150 valence electrons. The van der Waals surface area contributed by atoms with Crippen LogP contribution in [0.25, 0.3) is 0 Å². The SMILES string of the molecule is Cc1ccc(S(=O)(=O)N[C@@H]2[C@H]3CC[C@@](C)([C@@H]2OC(=O)[C@@H](C)O)C3(C)C)cc1. The van der Waals surface area contributed by atoms with Crippen molar-refractivity contribution in [1.82, 2.24) is 4.72 Å². The lowest BCUT2D eigenvalue weighted by molar-refractivity contribution is -0.167. The minimum absolute atomic E-state index is 0.0505. The molecule has 27 heavy (non-hydrogen) atoms. The Kier molecular flexibility index (Phi) is 4.94. The number of rotatable bonds is 5. The highest BCUT2D eigenvalue weighted by molar-refractivity contribution is 7.89. The van der Waals surface area contributed by atoms with Crippen molar-refractivity contribution in [2.24, 2.45) is 16.7 Å². The molecule has 2 N–H and O–H groups in total. The summed E-state index contributed by atoms with van der Waals surface area (Å²) < 4.78 is 34.4. The zero-order chi connectivity index (χ0) is 20.2. The first-order valence-electron chi connectivity index (χ1n) is 9.38. The predicted octanol–water partition coefficient (Wildman–Crippen LogP) is 2.39. The van der Waals surface area contributed by atoms with Crippen LogP contribution in [0.5, 0.6) is 0 Å². The van der Waals surface area contributed by atoms with Gasteiger partial charge in [-0.05, 0) is 50.2 Å². The molecule has 0 spiro atoms. The number of carbonyl (C=O) groups is 1. The number of aliphatic hydroxyl groups excluding tert-OH is 1. The molecule has 2 bridgehead atoms. The molecule has 2 aliphatic rings. The third kappa shape index (κ3) is 3.19. The fraction of sp³-hybridized carbons (Fsp3) is 0.650. The number of esters is 1. The normalized spacial score (nSPS) is 33.0. The minimum atomic E-state index is -3.75. The zero-order valence-electron chi connectivity index (χ0n) is 16.5. The number of carbonyl (C=O) groups excluding carboxylic acids is 1. The van der Waals surface area contributed by atoms with Crippen LogP contribution in [0.2, 0.25) is 0 Å². The summed E-state index contributed by atoms with van der Waals surface area (Å²) in [6.07, 6.45) is -0.142. The number of sulfonamides is 1. The lowest BCUT2D eigenvalue weighted by Crippen LogP contribution is -2.51. The third-order valence-corrected chi connectivity index (χ3v) is 8.44. The van der Waals surface area contributed by atoms with Crippen molar-refractivity contribution in [2.75, 3.05) is 0 Å². The summed E-state index contributed by atoms with van der Waals surface area (Å²) >= 11 is 0. The Morgan fingerprint density at radius 3 is 2.41 bits per heavy atom. The molecule has 2 fully saturated rings. The Hall–Kier alpha value is -1.44. The van der Waals surface area contributed by atoms with Crippen LogP contribution in [0.1, 0.15) is 46.1 Å². The Labute approximate surface area is 161 Å². The molecule has 1 aromatic rings. The van der Waals surface area contributed by atoms with Gasteiger partial charge in [0.2, 0.25) is 10.0 Å². The molecule has 0 amide bonds. The van der Waals surface area contributed by atoms with Crippen LogP contribution < -0.4 is 4.72 Å². The van der Waals surface area contributed by atoms with Gasteiger partial charge in [-0.1, -0.05) is 38.5 Å². The van der Waals surface area contributed by atoms with Gasteiger partial charge in [0.15, 0.2) is 0 Å². The smallest absolute Gasteiger partial charge is 0.335 e. The average molecular weight is 396 g/mol. The van der Waals surface area contributed by atoms with Crippen LogP contribution in [-0.4, -0.2) is 37.7 Å². The molecule has 3 rings (SSSR count). The van der Waals surface area contributed by atoms with Gasteiger partial charge in [0, 0.05) is 5.41 Å². The van der Waals surface area contributed by atoms with Crippen LogP contribution in [-0.2, 0) is 19.6 Å². The number of aliphatic hydroxyl groups is 1. The van der Waals surface area contributed by atoms with Crippen molar-refractivity contribution >= 4 is 16.0 Å². The van der Waals surface area contributed by atoms with E-state index in [0.29, 0.717) is 0 Å². The summed E-state index contributed by atoms with van der Waals surface area (Å²) in [5.41, 5.74) is 0.422. The van der Waals surface area contributed by atoms with Gasteiger partial charge in [-0.3, -0.25) is 0 Å². The number of hydrogen-bond acceptors (Lipinski definition) is 5. The van der Waals surface area contributed by atoms with E-state index in [9.17, 15) is 18.3 Å². The van der Waals surface area contributed by atoms with Crippen LogP contribution in [0, 0.1) is 23.7 Å². The van der Waals surface area contributed by atoms with E-state index in [-0.39, 0.29) is 21.6 Å². The van der Waals surface area contributed by atoms with Gasteiger partial charge in [-0.25, -0.2) is 17.9 Å². The molecule has 0 aromatic heterocycles. The number of hydrogen-bond donors (Lipinski definition) is 2. The number of nitrogens with one attached hydrogen (secondary N) is 1. The second-order valence-corrected chi connectivity index (χ2v) is 10.5. The van der Waals surface area contributed by atoms with E-state index in [2.05, 4.69) is 18.6 Å². The first-order chi connectivity index (χ1) is 12.4. The summed E-state index contributed by atoms with van der Waals surface area (Å²) in [5.74, 6) is -0.668. The fourth-order valence-corrected chi connectivity index (χ4v) is 6.12. The summed E-state index contributed by atoms with van der Waals surface area (Å²) in [6.45, 7) is 9.51. The molecule has 6 nitrogen and oxygen atoms in total. The Balaban J connectivity index is 1.94. The molecule has 1 aromatic carbocycles. The summed E-state index contributed by atoms with van der Waals surface area (Å²) in [7, 11) is -3.75. The van der Waals surface area contributed by atoms with E-state index in [4.69, 9.17) is 4.74 Å². The molecule has 0 saturated heterocycles. The van der Waals surface area contributed by atoms with Crippen molar-refractivity contribution in [3.8, 4) is 0 Å². The second-order valence-electron chi connectivity index (χ2n) is 8.78. The van der Waals surface area contributed by atoms with Crippen molar-refractivity contribution < 1.29 is 23.1 Å². The molecule has 0 aliphatic heterocycles. The fourth-order valence-electron chi connectivity index (χ4n) is 4.84. The first kappa shape index (κ1) is 20.3. The van der Waals surface area contributed by atoms with E-state index < -0.39 is 34.2 Å². The highest BCUT2D eigenvalue weighted by Gasteiger charge is 2.68. The largest absolute Gasteiger partial charge is 0.458 e. The van der Waals surface area contributed by atoms with Gasteiger partial charge in [0.1, 0.15) is 12.2 Å². The topological polar surface area (TPSA) is 92.7 Å². The predicted molar refractivity (Wildman–Crippen MR) is 101 cm³/mol. The highest BCUT2D eigenvalue weighted by atomic mass is 32.2. The van der Waals surface area contributed by atoms with E-state index in [1.165, 1.54) is 6.92 Å². The molecular weight excluding hydrogens is 366 g/mol. The lowest BCUT2D eigenvalue weighted by Gasteiger charge is -2.39. The number of aryl methyl sites for hydroxylation is 1. The molecule has 0 heterocycles. The number of benzene rings is 1. The van der Waals surface area contributed by atoms with Gasteiger partial charge in [-0.15, -0.1) is 0 Å². The van der Waals surface area contributed by atoms with Crippen LogP contribution in [0.15, 0.2) is 29.2 Å². The maximum atomic E-state index is 13.0. The molecule has 2 aliphatic carbocycles. The molecule has 0 radical (unpaired) electrons. The highest BCUT2D eigenvalue weighted by Crippen LogP contribution is 2.66. The molecule has 7 heteroatoms. The van der Waals surface area contributed by atoms with Gasteiger partial charge in [-0.2, -0.15) is 0 Å². The average Bonchev–Trinajstić information content (AvgIpc) is 2.88. The second kappa shape index (κ2) is 6.57. The van der Waals surface area contributed by atoms with Crippen LogP contribution >= 0.6 is 0 Å². The van der Waals surface area contributed by atoms with E-state index in [0.717, 1.165) is 18.4 Å². The number of fused-ring (bicyclic) bond motifs is 2. The summed E-state index contributed by atoms with van der Waals surface area (Å²) in [6, 6.07) is 6.15. The van der Waals surface area contributed by atoms with Crippen LogP contribution in [0.3, 0.4) is 0 Å². The van der Waals surface area contributed by atoms with E-state index in [1.54, 1.807) is 24.3 Å². The molecule has 0 unspecified atom stereocenters. The van der Waals surface area contributed by atoms with Crippen molar-refractivity contribution in [3.05, 3.63) is 29.8 Å².